The van der Waals surface area contributed by atoms with E-state index in [0.29, 0.717) is 15.8 Å². The monoisotopic (exact) mass is 351 g/mol. The molecule has 0 fully saturated rings. The van der Waals surface area contributed by atoms with Gasteiger partial charge in [-0.25, -0.2) is 4.79 Å². The number of halogens is 1. The van der Waals surface area contributed by atoms with E-state index in [1.54, 1.807) is 6.07 Å². The van der Waals surface area contributed by atoms with Gasteiger partial charge in [0.05, 0.1) is 12.5 Å². The quantitative estimate of drug-likeness (QED) is 0.564. The van der Waals surface area contributed by atoms with Crippen LogP contribution in [0.3, 0.4) is 0 Å². The molecule has 1 N–H and O–H groups in total. The predicted octanol–water partition coefficient (Wildman–Crippen LogP) is 5.62. The van der Waals surface area contributed by atoms with Crippen molar-refractivity contribution in [3.05, 3.63) is 33.6 Å². The van der Waals surface area contributed by atoms with Gasteiger partial charge in [0.15, 0.2) is 0 Å². The van der Waals surface area contributed by atoms with Gasteiger partial charge in [-0.3, -0.25) is 0 Å². The Morgan fingerprint density at radius 2 is 1.79 bits per heavy atom. The fourth-order valence-electron chi connectivity index (χ4n) is 2.75. The summed E-state index contributed by atoms with van der Waals surface area (Å²) in [5, 5.41) is 4.79. The van der Waals surface area contributed by atoms with E-state index in [2.05, 4.69) is 12.2 Å². The normalized spacial score (nSPS) is 11.0. The minimum Gasteiger partial charge on any atom is -0.467 e. The molecule has 0 atom stereocenters. The van der Waals surface area contributed by atoms with Crippen LogP contribution in [0.4, 0.5) is 5.69 Å². The van der Waals surface area contributed by atoms with E-state index in [1.165, 1.54) is 45.6 Å². The number of benzene rings is 1. The molecule has 0 radical (unpaired) electrons. The average molecular weight is 352 g/mol. The number of anilines is 1. The second-order valence-electron chi connectivity index (χ2n) is 6.00. The molecular weight excluding hydrogens is 326 g/mol. The zero-order chi connectivity index (χ0) is 17.4. The lowest BCUT2D eigenvalue weighted by atomic mass is 10.1. The smallest absolute Gasteiger partial charge is 0.346 e. The summed E-state index contributed by atoms with van der Waals surface area (Å²) in [6.07, 6.45) is 8.94. The molecule has 1 aromatic carbocycles. The van der Waals surface area contributed by atoms with E-state index in [1.807, 2.05) is 12.1 Å². The van der Waals surface area contributed by atoms with Crippen molar-refractivity contribution >= 4 is 28.1 Å². The van der Waals surface area contributed by atoms with Crippen molar-refractivity contribution < 1.29 is 9.15 Å². The molecule has 2 aromatic rings. The topological polar surface area (TPSA) is 51.5 Å². The van der Waals surface area contributed by atoms with Gasteiger partial charge in [-0.15, -0.1) is 0 Å². The summed E-state index contributed by atoms with van der Waals surface area (Å²) in [5.41, 5.74) is 0.466. The molecule has 2 rings (SSSR count). The SMILES string of the molecule is CCCCCCCCCNc1ccc2c(Cl)c(OC)oc(=O)c2c1. The van der Waals surface area contributed by atoms with Gasteiger partial charge in [-0.2, -0.15) is 0 Å². The largest absolute Gasteiger partial charge is 0.467 e. The van der Waals surface area contributed by atoms with Crippen molar-refractivity contribution in [2.75, 3.05) is 19.0 Å². The van der Waals surface area contributed by atoms with Crippen molar-refractivity contribution in [1.82, 2.24) is 0 Å². The molecule has 0 aliphatic heterocycles. The first-order valence-corrected chi connectivity index (χ1v) is 9.09. The molecular formula is C19H26ClNO3. The fourth-order valence-corrected chi connectivity index (χ4v) is 3.04. The summed E-state index contributed by atoms with van der Waals surface area (Å²) in [4.78, 5) is 12.0. The number of rotatable bonds is 10. The Morgan fingerprint density at radius 3 is 2.50 bits per heavy atom. The van der Waals surface area contributed by atoms with E-state index < -0.39 is 5.63 Å². The third kappa shape index (κ3) is 4.91. The molecule has 1 heterocycles. The van der Waals surface area contributed by atoms with Crippen molar-refractivity contribution in [2.45, 2.75) is 51.9 Å². The molecule has 1 aromatic heterocycles. The number of nitrogens with one attached hydrogen (secondary N) is 1. The van der Waals surface area contributed by atoms with Crippen LogP contribution in [-0.4, -0.2) is 13.7 Å². The summed E-state index contributed by atoms with van der Waals surface area (Å²) >= 11 is 6.19. The molecule has 0 bridgehead atoms. The Labute approximate surface area is 148 Å². The molecule has 0 aliphatic carbocycles. The minimum absolute atomic E-state index is 0.0537. The van der Waals surface area contributed by atoms with E-state index in [0.717, 1.165) is 18.7 Å². The summed E-state index contributed by atoms with van der Waals surface area (Å²) in [6, 6.07) is 5.53. The molecule has 0 aliphatic rings. The van der Waals surface area contributed by atoms with Crippen LogP contribution in [0.5, 0.6) is 5.95 Å². The molecule has 0 saturated heterocycles. The number of fused-ring (bicyclic) bond motifs is 1. The van der Waals surface area contributed by atoms with Crippen LogP contribution in [0.1, 0.15) is 51.9 Å². The van der Waals surface area contributed by atoms with Gasteiger partial charge in [0.25, 0.3) is 0 Å². The van der Waals surface area contributed by atoms with Gasteiger partial charge < -0.3 is 14.5 Å². The standard InChI is InChI=1S/C19H26ClNO3/c1-3-4-5-6-7-8-9-12-21-14-10-11-15-16(13-14)18(22)24-19(23-2)17(15)20/h10-11,13,21H,3-9,12H2,1-2H3. The molecule has 4 nitrogen and oxygen atoms in total. The maximum atomic E-state index is 12.0. The highest BCUT2D eigenvalue weighted by molar-refractivity contribution is 6.36. The number of hydrogen-bond donors (Lipinski definition) is 1. The molecule has 0 unspecified atom stereocenters. The first kappa shape index (κ1) is 18.7. The van der Waals surface area contributed by atoms with Crippen LogP contribution < -0.4 is 15.7 Å². The second kappa shape index (κ2) is 9.58. The third-order valence-corrected chi connectivity index (χ3v) is 4.49. The van der Waals surface area contributed by atoms with Crippen molar-refractivity contribution in [3.63, 3.8) is 0 Å². The van der Waals surface area contributed by atoms with Gasteiger partial charge >= 0.3 is 11.6 Å². The number of hydrogen-bond acceptors (Lipinski definition) is 4. The summed E-state index contributed by atoms with van der Waals surface area (Å²) in [7, 11) is 1.42. The highest BCUT2D eigenvalue weighted by atomic mass is 35.5. The zero-order valence-electron chi connectivity index (χ0n) is 14.5. The molecule has 0 spiro atoms. The summed E-state index contributed by atoms with van der Waals surface area (Å²) in [5.74, 6) is 0.0537. The fraction of sp³-hybridized carbons (Fsp3) is 0.526. The van der Waals surface area contributed by atoms with E-state index >= 15 is 0 Å². The zero-order valence-corrected chi connectivity index (χ0v) is 15.2. The van der Waals surface area contributed by atoms with Crippen LogP contribution in [0.15, 0.2) is 27.4 Å². The highest BCUT2D eigenvalue weighted by Gasteiger charge is 2.12. The van der Waals surface area contributed by atoms with Crippen LogP contribution in [0.2, 0.25) is 5.02 Å². The van der Waals surface area contributed by atoms with Gasteiger partial charge in [-0.05, 0) is 18.6 Å². The Kier molecular flexibility index (Phi) is 7.44. The molecule has 24 heavy (non-hydrogen) atoms. The van der Waals surface area contributed by atoms with Crippen LogP contribution >= 0.6 is 11.6 Å². The first-order chi connectivity index (χ1) is 11.7. The Bertz CT molecular complexity index is 712. The lowest BCUT2D eigenvalue weighted by Gasteiger charge is -2.09. The molecule has 132 valence electrons. The average Bonchev–Trinajstić information content (AvgIpc) is 2.60. The Hall–Kier alpha value is -1.68. The van der Waals surface area contributed by atoms with Gasteiger partial charge in [0.2, 0.25) is 0 Å². The Balaban J connectivity index is 1.90. The van der Waals surface area contributed by atoms with E-state index in [9.17, 15) is 4.79 Å². The van der Waals surface area contributed by atoms with Gasteiger partial charge in [-0.1, -0.05) is 63.1 Å². The molecule has 0 amide bonds. The van der Waals surface area contributed by atoms with Crippen LogP contribution in [-0.2, 0) is 0 Å². The highest BCUT2D eigenvalue weighted by Crippen LogP contribution is 2.31. The number of ether oxygens (including phenoxy) is 1. The maximum absolute atomic E-state index is 12.0. The van der Waals surface area contributed by atoms with E-state index in [4.69, 9.17) is 20.8 Å². The maximum Gasteiger partial charge on any atom is 0.346 e. The van der Waals surface area contributed by atoms with Gasteiger partial charge in [0, 0.05) is 17.6 Å². The third-order valence-electron chi connectivity index (χ3n) is 4.14. The summed E-state index contributed by atoms with van der Waals surface area (Å²) < 4.78 is 10.1. The molecule has 5 heteroatoms. The lowest BCUT2D eigenvalue weighted by molar-refractivity contribution is 0.289. The van der Waals surface area contributed by atoms with Crippen molar-refractivity contribution in [2.24, 2.45) is 0 Å². The Morgan fingerprint density at radius 1 is 1.08 bits per heavy atom. The number of unbranched alkanes of at least 4 members (excludes halogenated alkanes) is 6. The van der Waals surface area contributed by atoms with Crippen LogP contribution in [0, 0.1) is 0 Å². The van der Waals surface area contributed by atoms with Crippen molar-refractivity contribution in [3.8, 4) is 5.95 Å². The van der Waals surface area contributed by atoms with E-state index in [-0.39, 0.29) is 5.95 Å². The van der Waals surface area contributed by atoms with Crippen molar-refractivity contribution in [1.29, 1.82) is 0 Å². The minimum atomic E-state index is -0.439. The molecule has 0 saturated carbocycles. The first-order valence-electron chi connectivity index (χ1n) is 8.71. The second-order valence-corrected chi connectivity index (χ2v) is 6.38. The lowest BCUT2D eigenvalue weighted by Crippen LogP contribution is -2.05. The number of methoxy groups -OCH3 is 1. The predicted molar refractivity (Wildman–Crippen MR) is 101 cm³/mol. The van der Waals surface area contributed by atoms with Crippen LogP contribution in [0.25, 0.3) is 10.8 Å². The summed E-state index contributed by atoms with van der Waals surface area (Å²) in [6.45, 7) is 3.13. The van der Waals surface area contributed by atoms with Gasteiger partial charge in [0.1, 0.15) is 5.02 Å².